The third kappa shape index (κ3) is 5.81. The normalized spacial score (nSPS) is 13.4. The van der Waals surface area contributed by atoms with Gasteiger partial charge in [-0.25, -0.2) is 18.3 Å². The number of nitrogens with zero attached hydrogens (tertiary/aromatic N) is 2. The molecule has 2 unspecified atom stereocenters. The molecule has 7 nitrogen and oxygen atoms in total. The van der Waals surface area contributed by atoms with Gasteiger partial charge in [0.2, 0.25) is 5.88 Å². The Hall–Kier alpha value is -3.96. The van der Waals surface area contributed by atoms with E-state index >= 15 is 0 Å². The van der Waals surface area contributed by atoms with Crippen LogP contribution in [0.25, 0.3) is 0 Å². The molecule has 0 aliphatic heterocycles. The van der Waals surface area contributed by atoms with Crippen molar-refractivity contribution >= 4 is 11.9 Å². The molecule has 1 heterocycles. The maximum Gasteiger partial charge on any atom is 0.395 e. The fourth-order valence-electron chi connectivity index (χ4n) is 3.43. The van der Waals surface area contributed by atoms with Gasteiger partial charge < -0.3 is 15.2 Å². The van der Waals surface area contributed by atoms with E-state index in [1.807, 2.05) is 0 Å². The maximum atomic E-state index is 13.7. The number of nitrogens with one attached hydrogen (secondary N) is 1. The molecular formula is C24H22F5N3O4. The molecule has 0 aliphatic rings. The molecule has 0 saturated heterocycles. The Morgan fingerprint density at radius 1 is 1.06 bits per heavy atom. The van der Waals surface area contributed by atoms with Crippen molar-refractivity contribution in [1.82, 2.24) is 15.1 Å². The monoisotopic (exact) mass is 511 g/mol. The van der Waals surface area contributed by atoms with Crippen LogP contribution in [0.3, 0.4) is 0 Å². The number of ether oxygens (including phenoxy) is 1. The zero-order valence-electron chi connectivity index (χ0n) is 19.3. The zero-order chi connectivity index (χ0) is 26.8. The molecule has 2 N–H and O–H groups in total. The van der Waals surface area contributed by atoms with Gasteiger partial charge in [0, 0.05) is 7.05 Å². The second kappa shape index (κ2) is 10.3. The van der Waals surface area contributed by atoms with Crippen LogP contribution in [0.2, 0.25) is 0 Å². The minimum Gasteiger partial charge on any atom is -0.478 e. The number of aromatic carboxylic acids is 1. The maximum absolute atomic E-state index is 13.7. The lowest BCUT2D eigenvalue weighted by Crippen LogP contribution is -2.27. The molecule has 3 aromatic rings. The van der Waals surface area contributed by atoms with Gasteiger partial charge in [-0.05, 0) is 49.2 Å². The number of hydrogen-bond acceptors (Lipinski definition) is 4. The van der Waals surface area contributed by atoms with E-state index in [4.69, 9.17) is 9.84 Å². The van der Waals surface area contributed by atoms with Crippen molar-refractivity contribution in [3.05, 3.63) is 76.5 Å². The van der Waals surface area contributed by atoms with E-state index in [2.05, 4.69) is 10.4 Å². The van der Waals surface area contributed by atoms with Crippen molar-refractivity contribution < 1.29 is 41.4 Å². The first kappa shape index (κ1) is 26.6. The van der Waals surface area contributed by atoms with E-state index in [1.54, 1.807) is 6.92 Å². The van der Waals surface area contributed by atoms with Crippen LogP contribution >= 0.6 is 0 Å². The SMILES string of the molecule is CC(NC(=O)c1c(C(F)F)nn(C)c1Oc1cccc(C(C)C(F)(F)F)c1)c1ccc(C(=O)O)cc1. The molecule has 0 spiro atoms. The van der Waals surface area contributed by atoms with Gasteiger partial charge in [0.05, 0.1) is 17.5 Å². The van der Waals surface area contributed by atoms with Crippen molar-refractivity contribution in [3.8, 4) is 11.6 Å². The van der Waals surface area contributed by atoms with Gasteiger partial charge in [-0.2, -0.15) is 18.3 Å². The van der Waals surface area contributed by atoms with E-state index in [9.17, 15) is 31.5 Å². The first-order chi connectivity index (χ1) is 16.8. The van der Waals surface area contributed by atoms with Crippen LogP contribution in [0, 0.1) is 0 Å². The molecule has 12 heteroatoms. The fraction of sp³-hybridized carbons (Fsp3) is 0.292. The third-order valence-corrected chi connectivity index (χ3v) is 5.52. The molecule has 192 valence electrons. The predicted molar refractivity (Wildman–Crippen MR) is 118 cm³/mol. The molecule has 2 aromatic carbocycles. The highest BCUT2D eigenvalue weighted by Crippen LogP contribution is 2.37. The second-order valence-electron chi connectivity index (χ2n) is 8.05. The number of carbonyl (C=O) groups excluding carboxylic acids is 1. The Morgan fingerprint density at radius 2 is 1.69 bits per heavy atom. The summed E-state index contributed by atoms with van der Waals surface area (Å²) < 4.78 is 73.3. The lowest BCUT2D eigenvalue weighted by atomic mass is 10.0. The third-order valence-electron chi connectivity index (χ3n) is 5.52. The van der Waals surface area contributed by atoms with Gasteiger partial charge in [0.15, 0.2) is 0 Å². The highest BCUT2D eigenvalue weighted by molar-refractivity contribution is 5.98. The molecule has 1 amide bonds. The molecular weight excluding hydrogens is 489 g/mol. The number of carboxylic acid groups (broad SMARTS) is 1. The van der Waals surface area contributed by atoms with E-state index < -0.39 is 47.7 Å². The molecule has 0 bridgehead atoms. The van der Waals surface area contributed by atoms with Gasteiger partial charge >= 0.3 is 12.1 Å². The van der Waals surface area contributed by atoms with Crippen molar-refractivity contribution in [3.63, 3.8) is 0 Å². The number of carbonyl (C=O) groups is 2. The summed E-state index contributed by atoms with van der Waals surface area (Å²) in [6, 6.07) is 9.90. The molecule has 0 fully saturated rings. The summed E-state index contributed by atoms with van der Waals surface area (Å²) in [6.45, 7) is 2.54. The number of halogens is 5. The number of carboxylic acids is 1. The van der Waals surface area contributed by atoms with E-state index in [-0.39, 0.29) is 22.8 Å². The van der Waals surface area contributed by atoms with Crippen molar-refractivity contribution in [2.45, 2.75) is 38.4 Å². The molecule has 1 aromatic heterocycles. The van der Waals surface area contributed by atoms with Crippen molar-refractivity contribution in [2.24, 2.45) is 7.05 Å². The Bertz CT molecular complexity index is 1260. The summed E-state index contributed by atoms with van der Waals surface area (Å²) in [5, 5.41) is 15.2. The van der Waals surface area contributed by atoms with Crippen molar-refractivity contribution in [1.29, 1.82) is 0 Å². The lowest BCUT2D eigenvalue weighted by molar-refractivity contribution is -0.146. The van der Waals surface area contributed by atoms with Crippen LogP contribution in [-0.2, 0) is 7.05 Å². The molecule has 0 radical (unpaired) electrons. The summed E-state index contributed by atoms with van der Waals surface area (Å²) >= 11 is 0. The summed E-state index contributed by atoms with van der Waals surface area (Å²) in [7, 11) is 1.26. The Kier molecular flexibility index (Phi) is 7.65. The van der Waals surface area contributed by atoms with Crippen LogP contribution in [0.5, 0.6) is 11.6 Å². The number of hydrogen-bond donors (Lipinski definition) is 2. The highest BCUT2D eigenvalue weighted by Gasteiger charge is 2.37. The quantitative estimate of drug-likeness (QED) is 0.362. The Labute approximate surface area is 202 Å². The molecule has 0 aliphatic carbocycles. The zero-order valence-corrected chi connectivity index (χ0v) is 19.3. The van der Waals surface area contributed by atoms with Crippen molar-refractivity contribution in [2.75, 3.05) is 0 Å². The van der Waals surface area contributed by atoms with Crippen LogP contribution in [-0.4, -0.2) is 32.9 Å². The smallest absolute Gasteiger partial charge is 0.395 e. The summed E-state index contributed by atoms with van der Waals surface area (Å²) in [4.78, 5) is 24.1. The van der Waals surface area contributed by atoms with Crippen LogP contribution in [0.15, 0.2) is 48.5 Å². The average molecular weight is 511 g/mol. The standard InChI is InChI=1S/C24H22F5N3O4/c1-12(24(27,28)29)16-5-4-6-17(11-16)36-22-18(19(20(25)26)31-32(22)3)21(33)30-13(2)14-7-9-15(10-8-14)23(34)35/h4-13,20H,1-3H3,(H,30,33)(H,34,35). The van der Waals surface area contributed by atoms with Gasteiger partial charge in [-0.15, -0.1) is 0 Å². The summed E-state index contributed by atoms with van der Waals surface area (Å²) in [5.41, 5.74) is -1.01. The van der Waals surface area contributed by atoms with Crippen LogP contribution in [0.4, 0.5) is 22.0 Å². The predicted octanol–water partition coefficient (Wildman–Crippen LogP) is 6.01. The molecule has 2 atom stereocenters. The Morgan fingerprint density at radius 3 is 2.25 bits per heavy atom. The van der Waals surface area contributed by atoms with E-state index in [0.29, 0.717) is 5.56 Å². The number of rotatable bonds is 8. The topological polar surface area (TPSA) is 93.5 Å². The van der Waals surface area contributed by atoms with Gasteiger partial charge in [0.1, 0.15) is 17.0 Å². The Balaban J connectivity index is 1.92. The van der Waals surface area contributed by atoms with E-state index in [0.717, 1.165) is 17.7 Å². The van der Waals surface area contributed by atoms with Gasteiger partial charge in [-0.1, -0.05) is 24.3 Å². The van der Waals surface area contributed by atoms with Gasteiger partial charge in [-0.3, -0.25) is 4.79 Å². The number of amides is 1. The highest BCUT2D eigenvalue weighted by atomic mass is 19.4. The average Bonchev–Trinajstić information content (AvgIpc) is 3.14. The number of benzene rings is 2. The number of aromatic nitrogens is 2. The first-order valence-corrected chi connectivity index (χ1v) is 10.6. The van der Waals surface area contributed by atoms with Gasteiger partial charge in [0.25, 0.3) is 12.3 Å². The number of aryl methyl sites for hydroxylation is 1. The summed E-state index contributed by atoms with van der Waals surface area (Å²) in [5.74, 6) is -4.37. The largest absolute Gasteiger partial charge is 0.478 e. The molecule has 0 saturated carbocycles. The minimum absolute atomic E-state index is 0.0299. The minimum atomic E-state index is -4.50. The first-order valence-electron chi connectivity index (χ1n) is 10.6. The number of alkyl halides is 5. The van der Waals surface area contributed by atoms with Crippen LogP contribution < -0.4 is 10.1 Å². The van der Waals surface area contributed by atoms with Crippen LogP contribution in [0.1, 0.15) is 69.8 Å². The molecule has 36 heavy (non-hydrogen) atoms. The second-order valence-corrected chi connectivity index (χ2v) is 8.05. The summed E-state index contributed by atoms with van der Waals surface area (Å²) in [6.07, 6.45) is -7.64. The van der Waals surface area contributed by atoms with E-state index in [1.165, 1.54) is 49.5 Å². The lowest BCUT2D eigenvalue weighted by Gasteiger charge is -2.17. The molecule has 3 rings (SSSR count). The fourth-order valence-corrected chi connectivity index (χ4v) is 3.43.